The standard InChI is InChI=1S/C14H29N/c1-5-9-15-11-13-7-8-14(3,4)10-12(13)6-2/h12-13,15H,5-11H2,1-4H3. The molecule has 15 heavy (non-hydrogen) atoms. The summed E-state index contributed by atoms with van der Waals surface area (Å²) in [5.41, 5.74) is 0.599. The topological polar surface area (TPSA) is 12.0 Å². The Bertz CT molecular complexity index is 174. The fourth-order valence-corrected chi connectivity index (χ4v) is 3.00. The van der Waals surface area contributed by atoms with Gasteiger partial charge in [-0.25, -0.2) is 0 Å². The first-order valence-electron chi connectivity index (χ1n) is 6.79. The van der Waals surface area contributed by atoms with Gasteiger partial charge >= 0.3 is 0 Å². The Morgan fingerprint density at radius 2 is 1.93 bits per heavy atom. The molecule has 1 aliphatic rings. The summed E-state index contributed by atoms with van der Waals surface area (Å²) in [5.74, 6) is 1.90. The molecular weight excluding hydrogens is 182 g/mol. The maximum absolute atomic E-state index is 3.60. The van der Waals surface area contributed by atoms with Gasteiger partial charge in [-0.3, -0.25) is 0 Å². The summed E-state index contributed by atoms with van der Waals surface area (Å²) in [6, 6.07) is 0. The normalized spacial score (nSPS) is 30.4. The maximum atomic E-state index is 3.60. The molecule has 0 radical (unpaired) electrons. The average Bonchev–Trinajstić information content (AvgIpc) is 2.20. The lowest BCUT2D eigenvalue weighted by Gasteiger charge is -2.40. The molecule has 0 bridgehead atoms. The minimum atomic E-state index is 0.599. The maximum Gasteiger partial charge on any atom is -0.00179 e. The molecule has 2 unspecified atom stereocenters. The van der Waals surface area contributed by atoms with E-state index in [1.165, 1.54) is 45.2 Å². The molecule has 1 saturated carbocycles. The fourth-order valence-electron chi connectivity index (χ4n) is 3.00. The van der Waals surface area contributed by atoms with E-state index in [2.05, 4.69) is 33.0 Å². The van der Waals surface area contributed by atoms with Crippen LogP contribution >= 0.6 is 0 Å². The molecule has 1 N–H and O–H groups in total. The van der Waals surface area contributed by atoms with E-state index in [0.29, 0.717) is 5.41 Å². The van der Waals surface area contributed by atoms with Crippen molar-refractivity contribution in [3.8, 4) is 0 Å². The van der Waals surface area contributed by atoms with Gasteiger partial charge in [0, 0.05) is 0 Å². The summed E-state index contributed by atoms with van der Waals surface area (Å²) in [4.78, 5) is 0. The van der Waals surface area contributed by atoms with Gasteiger partial charge in [-0.05, 0) is 56.0 Å². The van der Waals surface area contributed by atoms with Gasteiger partial charge in [-0.15, -0.1) is 0 Å². The van der Waals surface area contributed by atoms with Gasteiger partial charge in [0.05, 0.1) is 0 Å². The van der Waals surface area contributed by atoms with Crippen molar-refractivity contribution < 1.29 is 0 Å². The molecule has 2 atom stereocenters. The number of hydrogen-bond acceptors (Lipinski definition) is 1. The summed E-state index contributed by atoms with van der Waals surface area (Å²) in [6.45, 7) is 11.9. The van der Waals surface area contributed by atoms with Crippen molar-refractivity contribution in [2.45, 2.75) is 59.8 Å². The molecular formula is C14H29N. The van der Waals surface area contributed by atoms with Gasteiger partial charge in [0.1, 0.15) is 0 Å². The second-order valence-electron chi connectivity index (χ2n) is 6.04. The fraction of sp³-hybridized carbons (Fsp3) is 1.00. The molecule has 0 saturated heterocycles. The molecule has 0 aromatic carbocycles. The van der Waals surface area contributed by atoms with E-state index in [-0.39, 0.29) is 0 Å². The zero-order chi connectivity index (χ0) is 11.3. The number of rotatable bonds is 5. The minimum absolute atomic E-state index is 0.599. The summed E-state index contributed by atoms with van der Waals surface area (Å²) in [6.07, 6.45) is 6.91. The van der Waals surface area contributed by atoms with Crippen LogP contribution in [0.2, 0.25) is 0 Å². The smallest absolute Gasteiger partial charge is 0.00179 e. The lowest BCUT2D eigenvalue weighted by atomic mass is 9.66. The second kappa shape index (κ2) is 5.89. The Balaban J connectivity index is 2.37. The Hall–Kier alpha value is -0.0400. The van der Waals surface area contributed by atoms with E-state index in [0.717, 1.165) is 11.8 Å². The van der Waals surface area contributed by atoms with E-state index in [9.17, 15) is 0 Å². The highest BCUT2D eigenvalue weighted by Gasteiger charge is 2.33. The molecule has 1 aliphatic carbocycles. The molecule has 1 heteroatoms. The lowest BCUT2D eigenvalue weighted by molar-refractivity contribution is 0.113. The van der Waals surface area contributed by atoms with Crippen molar-refractivity contribution in [1.82, 2.24) is 5.32 Å². The molecule has 1 rings (SSSR count). The summed E-state index contributed by atoms with van der Waals surface area (Å²) in [5, 5.41) is 3.60. The minimum Gasteiger partial charge on any atom is -0.316 e. The third kappa shape index (κ3) is 4.14. The molecule has 0 aromatic heterocycles. The molecule has 0 amide bonds. The van der Waals surface area contributed by atoms with Crippen LogP contribution in [0, 0.1) is 17.3 Å². The van der Waals surface area contributed by atoms with Crippen LogP contribution in [0.3, 0.4) is 0 Å². The molecule has 0 heterocycles. The Kier molecular flexibility index (Phi) is 5.11. The first kappa shape index (κ1) is 13.0. The second-order valence-corrected chi connectivity index (χ2v) is 6.04. The molecule has 1 fully saturated rings. The predicted octanol–water partition coefficient (Wildman–Crippen LogP) is 3.84. The molecule has 90 valence electrons. The quantitative estimate of drug-likeness (QED) is 0.681. The highest BCUT2D eigenvalue weighted by atomic mass is 14.9. The van der Waals surface area contributed by atoms with Gasteiger partial charge < -0.3 is 5.32 Å². The van der Waals surface area contributed by atoms with Crippen LogP contribution in [0.5, 0.6) is 0 Å². The summed E-state index contributed by atoms with van der Waals surface area (Å²) >= 11 is 0. The average molecular weight is 211 g/mol. The lowest BCUT2D eigenvalue weighted by Crippen LogP contribution is -2.35. The van der Waals surface area contributed by atoms with Crippen molar-refractivity contribution in [2.24, 2.45) is 17.3 Å². The first-order chi connectivity index (χ1) is 7.09. The van der Waals surface area contributed by atoms with Crippen LogP contribution in [0.1, 0.15) is 59.8 Å². The van der Waals surface area contributed by atoms with E-state index >= 15 is 0 Å². The van der Waals surface area contributed by atoms with Crippen LogP contribution < -0.4 is 5.32 Å². The first-order valence-corrected chi connectivity index (χ1v) is 6.79. The molecule has 0 aliphatic heterocycles. The molecule has 0 aromatic rings. The number of nitrogens with one attached hydrogen (secondary N) is 1. The van der Waals surface area contributed by atoms with Gasteiger partial charge in [0.25, 0.3) is 0 Å². The van der Waals surface area contributed by atoms with Crippen LogP contribution in [0.4, 0.5) is 0 Å². The highest BCUT2D eigenvalue weighted by molar-refractivity contribution is 4.85. The van der Waals surface area contributed by atoms with Gasteiger partial charge in [-0.1, -0.05) is 34.1 Å². The van der Waals surface area contributed by atoms with Gasteiger partial charge in [0.15, 0.2) is 0 Å². The summed E-state index contributed by atoms with van der Waals surface area (Å²) < 4.78 is 0. The third-order valence-corrected chi connectivity index (χ3v) is 4.03. The zero-order valence-corrected chi connectivity index (χ0v) is 11.1. The van der Waals surface area contributed by atoms with E-state index in [1.54, 1.807) is 0 Å². The van der Waals surface area contributed by atoms with Crippen LogP contribution in [-0.4, -0.2) is 13.1 Å². The van der Waals surface area contributed by atoms with Crippen LogP contribution in [0.25, 0.3) is 0 Å². The van der Waals surface area contributed by atoms with Crippen molar-refractivity contribution in [3.05, 3.63) is 0 Å². The van der Waals surface area contributed by atoms with Crippen LogP contribution in [0.15, 0.2) is 0 Å². The van der Waals surface area contributed by atoms with E-state index in [4.69, 9.17) is 0 Å². The van der Waals surface area contributed by atoms with Crippen molar-refractivity contribution in [1.29, 1.82) is 0 Å². The zero-order valence-electron chi connectivity index (χ0n) is 11.1. The highest BCUT2D eigenvalue weighted by Crippen LogP contribution is 2.42. The molecule has 0 spiro atoms. The predicted molar refractivity (Wildman–Crippen MR) is 68.1 cm³/mol. The van der Waals surface area contributed by atoms with Crippen LogP contribution in [-0.2, 0) is 0 Å². The van der Waals surface area contributed by atoms with Gasteiger partial charge in [-0.2, -0.15) is 0 Å². The Morgan fingerprint density at radius 1 is 1.20 bits per heavy atom. The molecule has 1 nitrogen and oxygen atoms in total. The Labute approximate surface area is 96.0 Å². The van der Waals surface area contributed by atoms with Gasteiger partial charge in [0.2, 0.25) is 0 Å². The third-order valence-electron chi connectivity index (χ3n) is 4.03. The largest absolute Gasteiger partial charge is 0.316 e. The van der Waals surface area contributed by atoms with Crippen molar-refractivity contribution in [3.63, 3.8) is 0 Å². The van der Waals surface area contributed by atoms with Crippen molar-refractivity contribution >= 4 is 0 Å². The Morgan fingerprint density at radius 3 is 2.53 bits per heavy atom. The monoisotopic (exact) mass is 211 g/mol. The number of hydrogen-bond donors (Lipinski definition) is 1. The van der Waals surface area contributed by atoms with E-state index < -0.39 is 0 Å². The van der Waals surface area contributed by atoms with Crippen molar-refractivity contribution in [2.75, 3.05) is 13.1 Å². The summed E-state index contributed by atoms with van der Waals surface area (Å²) in [7, 11) is 0. The van der Waals surface area contributed by atoms with E-state index in [1.807, 2.05) is 0 Å². The SMILES string of the molecule is CCCNCC1CCC(C)(C)CC1CC.